The summed E-state index contributed by atoms with van der Waals surface area (Å²) in [4.78, 5) is 5.90. The SMILES string of the molecule is Cc1ccc2sc3nc(-c4ccc(C#N)cc4)c(NCCCOC(C)C)n3c2c1. The fourth-order valence-electron chi connectivity index (χ4n) is 3.34. The third-order valence-corrected chi connectivity index (χ3v) is 5.78. The number of nitriles is 1. The molecule has 0 saturated heterocycles. The van der Waals surface area contributed by atoms with E-state index >= 15 is 0 Å². The molecule has 0 spiro atoms. The van der Waals surface area contributed by atoms with Crippen LogP contribution in [0.2, 0.25) is 0 Å². The van der Waals surface area contributed by atoms with Crippen molar-refractivity contribution in [3.8, 4) is 17.3 Å². The van der Waals surface area contributed by atoms with Gasteiger partial charge in [0.2, 0.25) is 0 Å². The van der Waals surface area contributed by atoms with Gasteiger partial charge in [-0.05, 0) is 57.0 Å². The predicted molar refractivity (Wildman–Crippen MR) is 120 cm³/mol. The van der Waals surface area contributed by atoms with Gasteiger partial charge in [-0.25, -0.2) is 4.98 Å². The molecule has 6 heteroatoms. The molecular formula is C23H24N4OS. The van der Waals surface area contributed by atoms with Crippen molar-refractivity contribution in [3.63, 3.8) is 0 Å². The second kappa shape index (κ2) is 8.24. The van der Waals surface area contributed by atoms with Crippen LogP contribution in [0.1, 0.15) is 31.4 Å². The Kier molecular flexibility index (Phi) is 5.52. The first kappa shape index (κ1) is 19.4. The zero-order valence-electron chi connectivity index (χ0n) is 16.9. The second-order valence-corrected chi connectivity index (χ2v) is 8.40. The van der Waals surface area contributed by atoms with E-state index in [9.17, 15) is 0 Å². The maximum absolute atomic E-state index is 9.09. The van der Waals surface area contributed by atoms with Crippen LogP contribution in [0.4, 0.5) is 5.82 Å². The predicted octanol–water partition coefficient (Wildman–Crippen LogP) is 5.62. The van der Waals surface area contributed by atoms with Crippen LogP contribution in [-0.2, 0) is 4.74 Å². The first-order valence-electron chi connectivity index (χ1n) is 9.84. The highest BCUT2D eigenvalue weighted by atomic mass is 32.1. The topological polar surface area (TPSA) is 62.3 Å². The summed E-state index contributed by atoms with van der Waals surface area (Å²) in [5.41, 5.74) is 4.95. The second-order valence-electron chi connectivity index (χ2n) is 7.39. The Morgan fingerprint density at radius 3 is 2.72 bits per heavy atom. The summed E-state index contributed by atoms with van der Waals surface area (Å²) >= 11 is 1.69. The number of aryl methyl sites for hydroxylation is 1. The average molecular weight is 405 g/mol. The summed E-state index contributed by atoms with van der Waals surface area (Å²) in [7, 11) is 0. The zero-order chi connectivity index (χ0) is 20.4. The Hall–Kier alpha value is -2.88. The van der Waals surface area contributed by atoms with Gasteiger partial charge in [-0.3, -0.25) is 4.40 Å². The normalized spacial score (nSPS) is 11.4. The number of nitrogens with one attached hydrogen (secondary N) is 1. The summed E-state index contributed by atoms with van der Waals surface area (Å²) in [6.07, 6.45) is 1.16. The minimum absolute atomic E-state index is 0.245. The molecule has 2 aromatic heterocycles. The van der Waals surface area contributed by atoms with E-state index in [-0.39, 0.29) is 6.10 Å². The molecule has 1 N–H and O–H groups in total. The van der Waals surface area contributed by atoms with Gasteiger partial charge >= 0.3 is 0 Å². The van der Waals surface area contributed by atoms with E-state index in [1.54, 1.807) is 11.3 Å². The Bertz CT molecular complexity index is 1180. The van der Waals surface area contributed by atoms with E-state index in [0.29, 0.717) is 5.56 Å². The van der Waals surface area contributed by atoms with Crippen LogP contribution in [-0.4, -0.2) is 28.6 Å². The third-order valence-electron chi connectivity index (χ3n) is 4.76. The molecule has 2 heterocycles. The highest BCUT2D eigenvalue weighted by molar-refractivity contribution is 7.23. The minimum Gasteiger partial charge on any atom is -0.379 e. The van der Waals surface area contributed by atoms with E-state index in [2.05, 4.69) is 54.8 Å². The highest BCUT2D eigenvalue weighted by Crippen LogP contribution is 2.36. The number of thiazole rings is 1. The van der Waals surface area contributed by atoms with Crippen LogP contribution < -0.4 is 5.32 Å². The molecule has 148 valence electrons. The lowest BCUT2D eigenvalue weighted by molar-refractivity contribution is 0.0787. The molecule has 0 fully saturated rings. The van der Waals surface area contributed by atoms with Gasteiger partial charge < -0.3 is 10.1 Å². The van der Waals surface area contributed by atoms with Gasteiger partial charge in [0.05, 0.1) is 28.0 Å². The fourth-order valence-corrected chi connectivity index (χ4v) is 4.35. The summed E-state index contributed by atoms with van der Waals surface area (Å²) in [6.45, 7) is 7.74. The number of hydrogen-bond donors (Lipinski definition) is 1. The first-order valence-corrected chi connectivity index (χ1v) is 10.7. The number of ether oxygens (including phenoxy) is 1. The number of aromatic nitrogens is 2. The van der Waals surface area contributed by atoms with Crippen LogP contribution in [0.3, 0.4) is 0 Å². The van der Waals surface area contributed by atoms with Crippen molar-refractivity contribution >= 4 is 32.3 Å². The number of hydrogen-bond acceptors (Lipinski definition) is 5. The van der Waals surface area contributed by atoms with E-state index in [1.165, 1.54) is 15.8 Å². The lowest BCUT2D eigenvalue weighted by Gasteiger charge is -2.11. The van der Waals surface area contributed by atoms with Crippen LogP contribution >= 0.6 is 11.3 Å². The number of rotatable bonds is 7. The molecule has 2 aromatic carbocycles. The van der Waals surface area contributed by atoms with Crippen molar-refractivity contribution in [2.75, 3.05) is 18.5 Å². The van der Waals surface area contributed by atoms with Crippen molar-refractivity contribution in [2.45, 2.75) is 33.3 Å². The summed E-state index contributed by atoms with van der Waals surface area (Å²) in [5.74, 6) is 0.992. The van der Waals surface area contributed by atoms with E-state index in [0.717, 1.165) is 41.6 Å². The average Bonchev–Trinajstić information content (AvgIpc) is 3.24. The molecular weight excluding hydrogens is 380 g/mol. The molecule has 29 heavy (non-hydrogen) atoms. The minimum atomic E-state index is 0.245. The monoisotopic (exact) mass is 404 g/mol. The zero-order valence-corrected chi connectivity index (χ0v) is 17.7. The van der Waals surface area contributed by atoms with Gasteiger partial charge in [-0.1, -0.05) is 29.5 Å². The number of fused-ring (bicyclic) bond motifs is 3. The molecule has 4 aromatic rings. The highest BCUT2D eigenvalue weighted by Gasteiger charge is 2.18. The summed E-state index contributed by atoms with van der Waals surface area (Å²) in [6, 6.07) is 16.3. The van der Waals surface area contributed by atoms with Crippen LogP contribution in [0.15, 0.2) is 42.5 Å². The molecule has 0 unspecified atom stereocenters. The van der Waals surface area contributed by atoms with Crippen molar-refractivity contribution in [1.82, 2.24) is 9.38 Å². The number of imidazole rings is 1. The Balaban J connectivity index is 1.75. The third kappa shape index (κ3) is 3.98. The van der Waals surface area contributed by atoms with Crippen LogP contribution in [0, 0.1) is 18.3 Å². The molecule has 0 radical (unpaired) electrons. The molecule has 4 rings (SSSR count). The largest absolute Gasteiger partial charge is 0.379 e. The summed E-state index contributed by atoms with van der Waals surface area (Å²) < 4.78 is 9.10. The van der Waals surface area contributed by atoms with Gasteiger partial charge in [-0.15, -0.1) is 0 Å². The smallest absolute Gasteiger partial charge is 0.197 e. The molecule has 0 saturated carbocycles. The lowest BCUT2D eigenvalue weighted by atomic mass is 10.1. The maximum Gasteiger partial charge on any atom is 0.197 e. The Labute approximate surface area is 174 Å². The van der Waals surface area contributed by atoms with E-state index < -0.39 is 0 Å². The van der Waals surface area contributed by atoms with E-state index in [1.807, 2.05) is 24.3 Å². The molecule has 0 atom stereocenters. The first-order chi connectivity index (χ1) is 14.1. The quantitative estimate of drug-likeness (QED) is 0.406. The molecule has 5 nitrogen and oxygen atoms in total. The van der Waals surface area contributed by atoms with Crippen molar-refractivity contribution in [2.24, 2.45) is 0 Å². The number of anilines is 1. The number of nitrogens with zero attached hydrogens (tertiary/aromatic N) is 3. The van der Waals surface area contributed by atoms with Crippen molar-refractivity contribution in [1.29, 1.82) is 5.26 Å². The molecule has 0 aliphatic heterocycles. The fraction of sp³-hybridized carbons (Fsp3) is 0.304. The van der Waals surface area contributed by atoms with Gasteiger partial charge in [-0.2, -0.15) is 5.26 Å². The van der Waals surface area contributed by atoms with Crippen molar-refractivity contribution in [3.05, 3.63) is 53.6 Å². The van der Waals surface area contributed by atoms with Gasteiger partial charge in [0.25, 0.3) is 0 Å². The van der Waals surface area contributed by atoms with Crippen LogP contribution in [0.5, 0.6) is 0 Å². The molecule has 0 aliphatic carbocycles. The van der Waals surface area contributed by atoms with Crippen LogP contribution in [0.25, 0.3) is 26.4 Å². The van der Waals surface area contributed by atoms with E-state index in [4.69, 9.17) is 15.0 Å². The van der Waals surface area contributed by atoms with Gasteiger partial charge in [0.15, 0.2) is 4.96 Å². The molecule has 0 bridgehead atoms. The van der Waals surface area contributed by atoms with Gasteiger partial charge in [0, 0.05) is 18.7 Å². The maximum atomic E-state index is 9.09. The Morgan fingerprint density at radius 2 is 2.00 bits per heavy atom. The standard InChI is InChI=1S/C23H24N4OS/c1-15(2)28-12-4-11-25-22-21(18-8-6-17(14-24)7-9-18)26-23-27(22)19-13-16(3)5-10-20(19)29-23/h5-10,13,15,25H,4,11-12H2,1-3H3. The Morgan fingerprint density at radius 1 is 1.21 bits per heavy atom. The molecule has 0 aliphatic rings. The molecule has 0 amide bonds. The number of benzene rings is 2. The lowest BCUT2D eigenvalue weighted by Crippen LogP contribution is -2.10. The summed E-state index contributed by atoms with van der Waals surface area (Å²) in [5, 5.41) is 12.7. The van der Waals surface area contributed by atoms with Gasteiger partial charge in [0.1, 0.15) is 11.5 Å². The van der Waals surface area contributed by atoms with Crippen molar-refractivity contribution < 1.29 is 4.74 Å².